The molecule has 2 aromatic carbocycles. The Morgan fingerprint density at radius 3 is 2.75 bits per heavy atom. The van der Waals surface area contributed by atoms with Crippen LogP contribution in [0, 0.1) is 6.92 Å². The molecule has 0 amide bonds. The van der Waals surface area contributed by atoms with Gasteiger partial charge in [0.2, 0.25) is 0 Å². The molecule has 190 valence electrons. The van der Waals surface area contributed by atoms with Crippen molar-refractivity contribution in [1.82, 2.24) is 9.88 Å². The third-order valence-corrected chi connectivity index (χ3v) is 6.68. The van der Waals surface area contributed by atoms with Gasteiger partial charge in [0.1, 0.15) is 22.9 Å². The second kappa shape index (κ2) is 11.8. The van der Waals surface area contributed by atoms with Gasteiger partial charge in [0.25, 0.3) is 0 Å². The number of aromatic nitrogens is 1. The fourth-order valence-corrected chi connectivity index (χ4v) is 4.83. The van der Waals surface area contributed by atoms with Gasteiger partial charge in [-0.25, -0.2) is 9.78 Å². The molecule has 0 saturated carbocycles. The first kappa shape index (κ1) is 26.0. The lowest BCUT2D eigenvalue weighted by Crippen LogP contribution is -2.37. The number of pyridine rings is 1. The summed E-state index contributed by atoms with van der Waals surface area (Å²) in [6.45, 7) is 11.1. The van der Waals surface area contributed by atoms with Crippen LogP contribution < -0.4 is 9.64 Å². The number of esters is 1. The summed E-state index contributed by atoms with van der Waals surface area (Å²) < 4.78 is 11.7. The molecule has 0 bridgehead atoms. The van der Waals surface area contributed by atoms with E-state index in [2.05, 4.69) is 27.8 Å². The molecule has 4 rings (SSSR count). The molecule has 0 spiro atoms. The summed E-state index contributed by atoms with van der Waals surface area (Å²) in [5.41, 5.74) is 2.57. The Balaban J connectivity index is 1.50. The summed E-state index contributed by atoms with van der Waals surface area (Å²) in [7, 11) is 0. The van der Waals surface area contributed by atoms with E-state index in [-0.39, 0.29) is 12.1 Å². The number of rotatable bonds is 9. The number of carbonyl (C=O) groups is 1. The van der Waals surface area contributed by atoms with Gasteiger partial charge >= 0.3 is 5.97 Å². The topological polar surface area (TPSA) is 54.9 Å². The SMILES string of the molecule is CCN(Cc1ccccc1Oc1cccc(Cl)c1)C1CCN(c2nccc(C)c2C(=O)OC(C)C)C1. The number of ether oxygens (including phenoxy) is 2. The molecule has 1 aliphatic rings. The number of carbonyl (C=O) groups excluding carboxylic acids is 1. The summed E-state index contributed by atoms with van der Waals surface area (Å²) in [4.78, 5) is 22.1. The zero-order valence-corrected chi connectivity index (χ0v) is 22.2. The molecule has 7 heteroatoms. The molecule has 0 radical (unpaired) electrons. The lowest BCUT2D eigenvalue weighted by atomic mass is 10.1. The fourth-order valence-electron chi connectivity index (χ4n) is 4.65. The predicted molar refractivity (Wildman–Crippen MR) is 144 cm³/mol. The minimum Gasteiger partial charge on any atom is -0.459 e. The highest BCUT2D eigenvalue weighted by Crippen LogP contribution is 2.31. The molecule has 1 unspecified atom stereocenters. The van der Waals surface area contributed by atoms with E-state index in [0.29, 0.717) is 22.4 Å². The Bertz CT molecular complexity index is 1200. The summed E-state index contributed by atoms with van der Waals surface area (Å²) >= 11 is 6.15. The number of halogens is 1. The van der Waals surface area contributed by atoms with E-state index >= 15 is 0 Å². The molecule has 36 heavy (non-hydrogen) atoms. The van der Waals surface area contributed by atoms with Crippen LogP contribution in [0.15, 0.2) is 60.8 Å². The van der Waals surface area contributed by atoms with Crippen molar-refractivity contribution in [2.24, 2.45) is 0 Å². The van der Waals surface area contributed by atoms with Gasteiger partial charge in [0, 0.05) is 42.5 Å². The van der Waals surface area contributed by atoms with Crippen LogP contribution in [0.4, 0.5) is 5.82 Å². The second-order valence-corrected chi connectivity index (χ2v) is 9.84. The molecule has 6 nitrogen and oxygen atoms in total. The summed E-state index contributed by atoms with van der Waals surface area (Å²) in [5.74, 6) is 1.95. The number of hydrogen-bond donors (Lipinski definition) is 0. The lowest BCUT2D eigenvalue weighted by molar-refractivity contribution is 0.0377. The maximum absolute atomic E-state index is 12.9. The van der Waals surface area contributed by atoms with Gasteiger partial charge in [-0.1, -0.05) is 42.8 Å². The standard InChI is InChI=1S/C29H34ClN3O3/c1-5-32(18-22-9-6-7-12-26(22)36-25-11-8-10-23(30)17-25)24-14-16-33(19-24)28-27(21(4)13-15-31-28)29(34)35-20(2)3/h6-13,15,17,20,24H,5,14,16,18-19H2,1-4H3. The minimum atomic E-state index is -0.312. The molecule has 1 atom stereocenters. The average molecular weight is 508 g/mol. The van der Waals surface area contributed by atoms with E-state index in [1.165, 1.54) is 0 Å². The maximum Gasteiger partial charge on any atom is 0.342 e. The quantitative estimate of drug-likeness (QED) is 0.308. The van der Waals surface area contributed by atoms with Crippen molar-refractivity contribution in [3.8, 4) is 11.5 Å². The van der Waals surface area contributed by atoms with Crippen molar-refractivity contribution in [3.63, 3.8) is 0 Å². The summed E-state index contributed by atoms with van der Waals surface area (Å²) in [6.07, 6.45) is 2.58. The Kier molecular flexibility index (Phi) is 8.49. The molecule has 1 aliphatic heterocycles. The minimum absolute atomic E-state index is 0.180. The first-order valence-electron chi connectivity index (χ1n) is 12.5. The van der Waals surface area contributed by atoms with Gasteiger partial charge in [0.05, 0.1) is 6.10 Å². The molecular formula is C29H34ClN3O3. The van der Waals surface area contributed by atoms with Crippen molar-refractivity contribution in [2.45, 2.75) is 52.8 Å². The highest BCUT2D eigenvalue weighted by Gasteiger charge is 2.31. The number of para-hydroxylation sites is 1. The van der Waals surface area contributed by atoms with Gasteiger partial charge in [-0.05, 0) is 69.6 Å². The molecule has 1 saturated heterocycles. The number of aryl methyl sites for hydroxylation is 1. The van der Waals surface area contributed by atoms with Crippen molar-refractivity contribution >= 4 is 23.4 Å². The average Bonchev–Trinajstić information content (AvgIpc) is 3.33. The third-order valence-electron chi connectivity index (χ3n) is 6.44. The van der Waals surface area contributed by atoms with Gasteiger partial charge in [-0.2, -0.15) is 0 Å². The number of benzene rings is 2. The highest BCUT2D eigenvalue weighted by atomic mass is 35.5. The smallest absolute Gasteiger partial charge is 0.342 e. The second-order valence-electron chi connectivity index (χ2n) is 9.40. The van der Waals surface area contributed by atoms with Crippen LogP contribution in [-0.4, -0.2) is 47.6 Å². The zero-order valence-electron chi connectivity index (χ0n) is 21.4. The van der Waals surface area contributed by atoms with E-state index < -0.39 is 0 Å². The largest absolute Gasteiger partial charge is 0.459 e. The predicted octanol–water partition coefficient (Wildman–Crippen LogP) is 6.50. The Morgan fingerprint density at radius 2 is 2.00 bits per heavy atom. The Hall–Kier alpha value is -3.09. The lowest BCUT2D eigenvalue weighted by Gasteiger charge is -2.29. The van der Waals surface area contributed by atoms with Gasteiger partial charge in [0.15, 0.2) is 0 Å². The van der Waals surface area contributed by atoms with Crippen LogP contribution in [0.1, 0.15) is 48.7 Å². The van der Waals surface area contributed by atoms with Crippen LogP contribution >= 0.6 is 11.6 Å². The molecule has 1 aromatic heterocycles. The van der Waals surface area contributed by atoms with Crippen LogP contribution in [0.25, 0.3) is 0 Å². The number of hydrogen-bond acceptors (Lipinski definition) is 6. The van der Waals surface area contributed by atoms with E-state index in [0.717, 1.165) is 55.2 Å². The van der Waals surface area contributed by atoms with Crippen LogP contribution in [0.2, 0.25) is 5.02 Å². The molecule has 2 heterocycles. The fraction of sp³-hybridized carbons (Fsp3) is 0.379. The first-order chi connectivity index (χ1) is 17.4. The summed E-state index contributed by atoms with van der Waals surface area (Å²) in [6, 6.07) is 17.8. The molecule has 3 aromatic rings. The Labute approximate surface area is 218 Å². The normalized spacial score (nSPS) is 15.5. The van der Waals surface area contributed by atoms with Crippen LogP contribution in [-0.2, 0) is 11.3 Å². The first-order valence-corrected chi connectivity index (χ1v) is 12.9. The van der Waals surface area contributed by atoms with Gasteiger partial charge < -0.3 is 14.4 Å². The summed E-state index contributed by atoms with van der Waals surface area (Å²) in [5, 5.41) is 0.646. The van der Waals surface area contributed by atoms with E-state index in [4.69, 9.17) is 21.1 Å². The van der Waals surface area contributed by atoms with Crippen molar-refractivity contribution in [2.75, 3.05) is 24.5 Å². The van der Waals surface area contributed by atoms with E-state index in [9.17, 15) is 4.79 Å². The van der Waals surface area contributed by atoms with Crippen LogP contribution in [0.3, 0.4) is 0 Å². The molecule has 0 N–H and O–H groups in total. The van der Waals surface area contributed by atoms with Crippen molar-refractivity contribution in [3.05, 3.63) is 82.5 Å². The maximum atomic E-state index is 12.9. The van der Waals surface area contributed by atoms with Gasteiger partial charge in [-0.3, -0.25) is 4.90 Å². The molecule has 1 fully saturated rings. The Morgan fingerprint density at radius 1 is 1.19 bits per heavy atom. The monoisotopic (exact) mass is 507 g/mol. The van der Waals surface area contributed by atoms with Crippen molar-refractivity contribution in [1.29, 1.82) is 0 Å². The zero-order chi connectivity index (χ0) is 25.7. The van der Waals surface area contributed by atoms with E-state index in [1.807, 2.05) is 69.3 Å². The van der Waals surface area contributed by atoms with Crippen LogP contribution in [0.5, 0.6) is 11.5 Å². The third kappa shape index (κ3) is 6.18. The number of anilines is 1. The number of nitrogens with zero attached hydrogens (tertiary/aromatic N) is 3. The van der Waals surface area contributed by atoms with Gasteiger partial charge in [-0.15, -0.1) is 0 Å². The van der Waals surface area contributed by atoms with Crippen molar-refractivity contribution < 1.29 is 14.3 Å². The molecular weight excluding hydrogens is 474 g/mol. The van der Waals surface area contributed by atoms with E-state index in [1.54, 1.807) is 6.20 Å². The molecule has 0 aliphatic carbocycles. The highest BCUT2D eigenvalue weighted by molar-refractivity contribution is 6.30. The number of likely N-dealkylation sites (N-methyl/N-ethyl adjacent to an activating group) is 1.